The molecule has 114 valence electrons. The zero-order valence-corrected chi connectivity index (χ0v) is 14.1. The first-order chi connectivity index (χ1) is 8.79. The van der Waals surface area contributed by atoms with Crippen molar-refractivity contribution in [2.45, 2.75) is 84.2 Å². The van der Waals surface area contributed by atoms with Gasteiger partial charge in [-0.3, -0.25) is 4.90 Å². The Kier molecular flexibility index (Phi) is 5.88. The Balaban J connectivity index is 2.86. The van der Waals surface area contributed by atoms with Gasteiger partial charge in [-0.1, -0.05) is 33.6 Å². The van der Waals surface area contributed by atoms with Crippen LogP contribution >= 0.6 is 0 Å². The summed E-state index contributed by atoms with van der Waals surface area (Å²) in [5.41, 5.74) is 6.71. The van der Waals surface area contributed by atoms with Crippen LogP contribution in [0.1, 0.15) is 73.1 Å². The Morgan fingerprint density at radius 1 is 1.26 bits per heavy atom. The van der Waals surface area contributed by atoms with E-state index in [-0.39, 0.29) is 11.1 Å². The van der Waals surface area contributed by atoms with Crippen LogP contribution in [0.3, 0.4) is 0 Å². The van der Waals surface area contributed by atoms with Gasteiger partial charge in [-0.05, 0) is 58.4 Å². The van der Waals surface area contributed by atoms with E-state index in [0.29, 0.717) is 0 Å². The summed E-state index contributed by atoms with van der Waals surface area (Å²) in [7, 11) is 2.30. The third-order valence-corrected chi connectivity index (χ3v) is 6.01. The summed E-state index contributed by atoms with van der Waals surface area (Å²) in [5.74, 6) is 1.71. The van der Waals surface area contributed by atoms with Crippen LogP contribution in [0.5, 0.6) is 0 Å². The van der Waals surface area contributed by atoms with Crippen LogP contribution < -0.4 is 5.73 Å². The molecule has 1 saturated carbocycles. The van der Waals surface area contributed by atoms with Crippen LogP contribution in [-0.2, 0) is 0 Å². The van der Waals surface area contributed by atoms with Crippen molar-refractivity contribution in [1.29, 1.82) is 0 Å². The summed E-state index contributed by atoms with van der Waals surface area (Å²) >= 11 is 0. The van der Waals surface area contributed by atoms with E-state index in [2.05, 4.69) is 46.6 Å². The van der Waals surface area contributed by atoms with Crippen molar-refractivity contribution in [1.82, 2.24) is 4.90 Å². The average molecular weight is 268 g/mol. The van der Waals surface area contributed by atoms with Gasteiger partial charge in [0.25, 0.3) is 0 Å². The average Bonchev–Trinajstić information content (AvgIpc) is 2.61. The van der Waals surface area contributed by atoms with Crippen molar-refractivity contribution in [2.75, 3.05) is 13.6 Å². The van der Waals surface area contributed by atoms with Crippen LogP contribution in [0.15, 0.2) is 0 Å². The second-order valence-corrected chi connectivity index (χ2v) is 7.59. The number of rotatable bonds is 5. The Labute approximate surface area is 121 Å². The summed E-state index contributed by atoms with van der Waals surface area (Å²) in [6, 6.07) is 0. The van der Waals surface area contributed by atoms with Crippen LogP contribution in [0, 0.1) is 11.8 Å². The Morgan fingerprint density at radius 2 is 1.89 bits per heavy atom. The first-order valence-corrected chi connectivity index (χ1v) is 8.23. The predicted octanol–water partition coefficient (Wildman–Crippen LogP) is 4.04. The molecule has 1 aliphatic carbocycles. The minimum atomic E-state index is 0.225. The Bertz CT molecular complexity index is 272. The molecular formula is C17H36N2. The molecule has 0 bridgehead atoms. The number of nitrogens with zero attached hydrogens (tertiary/aromatic N) is 1. The molecule has 0 radical (unpaired) electrons. The quantitative estimate of drug-likeness (QED) is 0.762. The number of likely N-dealkylation sites (N-methyl/N-ethyl adjacent to an activating group) is 1. The minimum absolute atomic E-state index is 0.225. The molecule has 0 heterocycles. The summed E-state index contributed by atoms with van der Waals surface area (Å²) in [5, 5.41) is 0. The van der Waals surface area contributed by atoms with Crippen LogP contribution in [0.2, 0.25) is 0 Å². The van der Waals surface area contributed by atoms with Gasteiger partial charge in [-0.15, -0.1) is 0 Å². The van der Waals surface area contributed by atoms with Gasteiger partial charge >= 0.3 is 0 Å². The molecule has 0 aliphatic heterocycles. The topological polar surface area (TPSA) is 29.3 Å². The fraction of sp³-hybridized carbons (Fsp3) is 1.00. The zero-order chi connectivity index (χ0) is 14.7. The lowest BCUT2D eigenvalue weighted by Crippen LogP contribution is -2.59. The van der Waals surface area contributed by atoms with Crippen LogP contribution in [-0.4, -0.2) is 29.6 Å². The third kappa shape index (κ3) is 3.72. The molecule has 2 nitrogen and oxygen atoms in total. The summed E-state index contributed by atoms with van der Waals surface area (Å²) < 4.78 is 0. The van der Waals surface area contributed by atoms with Crippen molar-refractivity contribution in [3.8, 4) is 0 Å². The molecule has 2 heteroatoms. The number of nitrogens with two attached hydrogens (primary N) is 1. The van der Waals surface area contributed by atoms with E-state index in [9.17, 15) is 0 Å². The molecule has 0 aromatic carbocycles. The molecule has 0 spiro atoms. The maximum Gasteiger partial charge on any atom is 0.0334 e. The van der Waals surface area contributed by atoms with E-state index in [1.54, 1.807) is 0 Å². The summed E-state index contributed by atoms with van der Waals surface area (Å²) in [6.45, 7) is 12.6. The van der Waals surface area contributed by atoms with E-state index in [4.69, 9.17) is 5.73 Å². The smallest absolute Gasteiger partial charge is 0.0334 e. The normalized spacial score (nSPS) is 29.8. The molecular weight excluding hydrogens is 232 g/mol. The first kappa shape index (κ1) is 17.0. The maximum absolute atomic E-state index is 6.24. The number of hydrogen-bond donors (Lipinski definition) is 1. The van der Waals surface area contributed by atoms with Gasteiger partial charge in [0.2, 0.25) is 0 Å². The van der Waals surface area contributed by atoms with E-state index in [1.807, 2.05) is 0 Å². The van der Waals surface area contributed by atoms with Crippen molar-refractivity contribution in [3.63, 3.8) is 0 Å². The molecule has 2 unspecified atom stereocenters. The molecule has 0 saturated heterocycles. The fourth-order valence-corrected chi connectivity index (χ4v) is 3.64. The van der Waals surface area contributed by atoms with Gasteiger partial charge in [0.15, 0.2) is 0 Å². The molecule has 2 atom stereocenters. The van der Waals surface area contributed by atoms with Gasteiger partial charge < -0.3 is 5.73 Å². The first-order valence-electron chi connectivity index (χ1n) is 8.23. The second-order valence-electron chi connectivity index (χ2n) is 7.59. The van der Waals surface area contributed by atoms with E-state index >= 15 is 0 Å². The highest BCUT2D eigenvalue weighted by atomic mass is 15.2. The largest absolute Gasteiger partial charge is 0.329 e. The van der Waals surface area contributed by atoms with Crippen molar-refractivity contribution in [3.05, 3.63) is 0 Å². The summed E-state index contributed by atoms with van der Waals surface area (Å²) in [6.07, 6.45) is 7.79. The monoisotopic (exact) mass is 268 g/mol. The Morgan fingerprint density at radius 3 is 2.37 bits per heavy atom. The second kappa shape index (κ2) is 6.58. The SMILES string of the molecule is CCC(C)(C)N(C)C1(CN)CCCC(C(C)C)CC1. The standard InChI is InChI=1S/C17H36N2/c1-7-16(4,5)19(6)17(13-18)11-8-9-15(10-12-17)14(2)3/h14-15H,7-13,18H2,1-6H3. The Hall–Kier alpha value is -0.0800. The maximum atomic E-state index is 6.24. The lowest BCUT2D eigenvalue weighted by atomic mass is 9.82. The zero-order valence-electron chi connectivity index (χ0n) is 14.1. The number of hydrogen-bond acceptors (Lipinski definition) is 2. The van der Waals surface area contributed by atoms with Crippen LogP contribution in [0.25, 0.3) is 0 Å². The molecule has 1 rings (SSSR count). The van der Waals surface area contributed by atoms with E-state index < -0.39 is 0 Å². The molecule has 0 amide bonds. The molecule has 19 heavy (non-hydrogen) atoms. The van der Waals surface area contributed by atoms with Gasteiger partial charge in [0.1, 0.15) is 0 Å². The van der Waals surface area contributed by atoms with Gasteiger partial charge in [0, 0.05) is 17.6 Å². The lowest BCUT2D eigenvalue weighted by Gasteiger charge is -2.49. The molecule has 1 aliphatic rings. The van der Waals surface area contributed by atoms with E-state index in [1.165, 1.54) is 38.5 Å². The molecule has 0 aromatic heterocycles. The third-order valence-electron chi connectivity index (χ3n) is 6.01. The molecule has 0 aromatic rings. The van der Waals surface area contributed by atoms with E-state index in [0.717, 1.165) is 18.4 Å². The predicted molar refractivity (Wildman–Crippen MR) is 85.3 cm³/mol. The molecule has 1 fully saturated rings. The van der Waals surface area contributed by atoms with Crippen molar-refractivity contribution in [2.24, 2.45) is 17.6 Å². The van der Waals surface area contributed by atoms with Crippen molar-refractivity contribution < 1.29 is 0 Å². The van der Waals surface area contributed by atoms with Gasteiger partial charge in [-0.2, -0.15) is 0 Å². The van der Waals surface area contributed by atoms with Gasteiger partial charge in [0.05, 0.1) is 0 Å². The molecule has 2 N–H and O–H groups in total. The fourth-order valence-electron chi connectivity index (χ4n) is 3.64. The highest BCUT2D eigenvalue weighted by Crippen LogP contribution is 2.39. The lowest BCUT2D eigenvalue weighted by molar-refractivity contribution is 0.0120. The van der Waals surface area contributed by atoms with Crippen LogP contribution in [0.4, 0.5) is 0 Å². The van der Waals surface area contributed by atoms with Crippen molar-refractivity contribution >= 4 is 0 Å². The highest BCUT2D eigenvalue weighted by molar-refractivity contribution is 4.98. The highest BCUT2D eigenvalue weighted by Gasteiger charge is 2.41. The van der Waals surface area contributed by atoms with Gasteiger partial charge in [-0.25, -0.2) is 0 Å². The minimum Gasteiger partial charge on any atom is -0.329 e. The summed E-state index contributed by atoms with van der Waals surface area (Å²) in [4.78, 5) is 2.60.